The number of carbonyl (C=O) groups is 1. The van der Waals surface area contributed by atoms with E-state index in [1.54, 1.807) is 0 Å². The fraction of sp³-hybridized carbons (Fsp3) is 0.0476. The van der Waals surface area contributed by atoms with Gasteiger partial charge in [0.25, 0.3) is 0 Å². The van der Waals surface area contributed by atoms with E-state index in [1.165, 1.54) is 42.5 Å². The van der Waals surface area contributed by atoms with Gasteiger partial charge in [0.2, 0.25) is 0 Å². The Hall–Kier alpha value is -2.81. The van der Waals surface area contributed by atoms with Gasteiger partial charge in [-0.05, 0) is 42.0 Å². The smallest absolute Gasteiger partial charge is 0.416 e. The Kier molecular flexibility index (Phi) is 5.55. The van der Waals surface area contributed by atoms with Crippen LogP contribution in [0.15, 0.2) is 63.8 Å². The average Bonchev–Trinajstić information content (AvgIpc) is 3.06. The molecule has 0 radical (unpaired) electrons. The zero-order chi connectivity index (χ0) is 22.3. The van der Waals surface area contributed by atoms with Crippen molar-refractivity contribution in [2.75, 3.05) is 0 Å². The minimum atomic E-state index is -4.56. The van der Waals surface area contributed by atoms with Crippen LogP contribution in [0, 0.1) is 0 Å². The molecule has 0 amide bonds. The number of fused-ring (bicyclic) bond motifs is 1. The van der Waals surface area contributed by atoms with E-state index in [1.807, 2.05) is 0 Å². The highest BCUT2D eigenvalue weighted by Crippen LogP contribution is 2.38. The van der Waals surface area contributed by atoms with E-state index in [0.717, 1.165) is 23.5 Å². The van der Waals surface area contributed by atoms with Crippen LogP contribution >= 0.6 is 34.5 Å². The first-order valence-electron chi connectivity index (χ1n) is 8.54. The Morgan fingerprint density at radius 2 is 1.81 bits per heavy atom. The Morgan fingerprint density at radius 3 is 2.52 bits per heavy atom. The molecule has 1 heterocycles. The maximum atomic E-state index is 13.1. The van der Waals surface area contributed by atoms with E-state index in [4.69, 9.17) is 32.4 Å². The third kappa shape index (κ3) is 4.46. The maximum Gasteiger partial charge on any atom is 0.416 e. The Bertz CT molecular complexity index is 1380. The van der Waals surface area contributed by atoms with Gasteiger partial charge < -0.3 is 9.15 Å². The lowest BCUT2D eigenvalue weighted by molar-refractivity contribution is -0.137. The number of ether oxygens (including phenoxy) is 1. The predicted molar refractivity (Wildman–Crippen MR) is 112 cm³/mol. The van der Waals surface area contributed by atoms with Gasteiger partial charge in [-0.1, -0.05) is 46.7 Å². The Morgan fingerprint density at radius 1 is 1.03 bits per heavy atom. The van der Waals surface area contributed by atoms with Crippen molar-refractivity contribution < 1.29 is 27.1 Å². The molecule has 4 nitrogen and oxygen atoms in total. The highest BCUT2D eigenvalue weighted by molar-refractivity contribution is 7.16. The molecule has 0 fully saturated rings. The molecule has 0 atom stereocenters. The molecule has 158 valence electrons. The molecule has 0 saturated carbocycles. The first kappa shape index (κ1) is 21.4. The predicted octanol–water partition coefficient (Wildman–Crippen LogP) is 7.07. The molecule has 0 spiro atoms. The minimum absolute atomic E-state index is 0.00739. The second-order valence-electron chi connectivity index (χ2n) is 6.34. The van der Waals surface area contributed by atoms with Crippen molar-refractivity contribution in [3.63, 3.8) is 0 Å². The summed E-state index contributed by atoms with van der Waals surface area (Å²) in [7, 11) is 0. The summed E-state index contributed by atoms with van der Waals surface area (Å²) in [4.78, 5) is 23.7. The summed E-state index contributed by atoms with van der Waals surface area (Å²) >= 11 is 12.6. The van der Waals surface area contributed by atoms with Gasteiger partial charge in [0.15, 0.2) is 5.58 Å². The number of esters is 1. The van der Waals surface area contributed by atoms with Gasteiger partial charge >= 0.3 is 17.1 Å². The normalized spacial score (nSPS) is 11.6. The summed E-state index contributed by atoms with van der Waals surface area (Å²) in [5.41, 5.74) is -0.410. The van der Waals surface area contributed by atoms with Crippen LogP contribution in [0.4, 0.5) is 13.2 Å². The number of alkyl halides is 3. The molecular formula is C21H9Cl2F3O4S. The summed E-state index contributed by atoms with van der Waals surface area (Å²) < 4.78 is 50.3. The summed E-state index contributed by atoms with van der Waals surface area (Å²) in [6.07, 6.45) is -4.56. The van der Waals surface area contributed by atoms with E-state index >= 15 is 0 Å². The monoisotopic (exact) mass is 484 g/mol. The molecule has 4 aromatic rings. The van der Waals surface area contributed by atoms with Gasteiger partial charge in [-0.3, -0.25) is 0 Å². The molecule has 0 saturated heterocycles. The lowest BCUT2D eigenvalue weighted by Crippen LogP contribution is -2.09. The maximum absolute atomic E-state index is 13.1. The van der Waals surface area contributed by atoms with Gasteiger partial charge in [0, 0.05) is 16.7 Å². The van der Waals surface area contributed by atoms with Crippen LogP contribution in [0.2, 0.25) is 10.0 Å². The van der Waals surface area contributed by atoms with Crippen molar-refractivity contribution in [3.8, 4) is 16.9 Å². The van der Waals surface area contributed by atoms with Crippen LogP contribution in [0.3, 0.4) is 0 Å². The first-order chi connectivity index (χ1) is 14.6. The fourth-order valence-electron chi connectivity index (χ4n) is 2.91. The van der Waals surface area contributed by atoms with Crippen molar-refractivity contribution in [1.82, 2.24) is 0 Å². The van der Waals surface area contributed by atoms with Crippen LogP contribution in [-0.4, -0.2) is 5.97 Å². The molecule has 1 aromatic heterocycles. The van der Waals surface area contributed by atoms with Crippen molar-refractivity contribution in [1.29, 1.82) is 0 Å². The van der Waals surface area contributed by atoms with Crippen molar-refractivity contribution in [2.45, 2.75) is 6.18 Å². The fourth-order valence-corrected chi connectivity index (χ4v) is 4.12. The van der Waals surface area contributed by atoms with E-state index in [2.05, 4.69) is 0 Å². The lowest BCUT2D eigenvalue weighted by atomic mass is 10.0. The summed E-state index contributed by atoms with van der Waals surface area (Å²) in [6.45, 7) is 0. The summed E-state index contributed by atoms with van der Waals surface area (Å²) in [5.74, 6) is -0.792. The number of halogens is 5. The highest BCUT2D eigenvalue weighted by atomic mass is 35.5. The molecule has 0 aliphatic carbocycles. The molecule has 0 N–H and O–H groups in total. The van der Waals surface area contributed by atoms with Crippen LogP contribution in [0.25, 0.3) is 21.4 Å². The van der Waals surface area contributed by atoms with Crippen LogP contribution in [0.1, 0.15) is 15.9 Å². The minimum Gasteiger partial charge on any atom is -0.423 e. The average molecular weight is 485 g/mol. The quantitative estimate of drug-likeness (QED) is 0.230. The second kappa shape index (κ2) is 8.03. The van der Waals surface area contributed by atoms with Gasteiger partial charge in [0.1, 0.15) is 5.75 Å². The zero-order valence-electron chi connectivity index (χ0n) is 15.1. The number of hydrogen-bond acceptors (Lipinski definition) is 5. The van der Waals surface area contributed by atoms with Gasteiger partial charge in [-0.2, -0.15) is 13.2 Å². The molecule has 10 heteroatoms. The summed E-state index contributed by atoms with van der Waals surface area (Å²) in [5, 5.41) is 0.405. The van der Waals surface area contributed by atoms with Crippen LogP contribution < -0.4 is 9.68 Å². The first-order valence-corrected chi connectivity index (χ1v) is 10.1. The third-order valence-electron chi connectivity index (χ3n) is 4.27. The lowest BCUT2D eigenvalue weighted by Gasteiger charge is -2.11. The van der Waals surface area contributed by atoms with E-state index in [-0.39, 0.29) is 33.0 Å². The van der Waals surface area contributed by atoms with Gasteiger partial charge in [-0.15, -0.1) is 0 Å². The molecule has 3 aromatic carbocycles. The molecule has 0 aliphatic rings. The van der Waals surface area contributed by atoms with E-state index < -0.39 is 22.6 Å². The second-order valence-corrected chi connectivity index (χ2v) is 8.17. The van der Waals surface area contributed by atoms with Crippen molar-refractivity contribution >= 4 is 50.8 Å². The van der Waals surface area contributed by atoms with E-state index in [9.17, 15) is 22.8 Å². The van der Waals surface area contributed by atoms with Gasteiger partial charge in [0.05, 0.1) is 20.8 Å². The van der Waals surface area contributed by atoms with E-state index in [0.29, 0.717) is 9.72 Å². The number of hydrogen-bond donors (Lipinski definition) is 0. The zero-order valence-corrected chi connectivity index (χ0v) is 17.5. The molecule has 0 aliphatic heterocycles. The van der Waals surface area contributed by atoms with Crippen molar-refractivity contribution in [2.24, 2.45) is 0 Å². The highest BCUT2D eigenvalue weighted by Gasteiger charge is 2.30. The number of rotatable bonds is 3. The molecular weight excluding hydrogens is 476 g/mol. The molecule has 0 bridgehead atoms. The standard InChI is InChI=1S/C21H9Cl2F3O4S/c22-12-4-5-14(16(23)7-12)19(27)29-13-8-15(18-17(9-13)31-20(28)30-18)10-2-1-3-11(6-10)21(24,25)26/h1-9H. The SMILES string of the molecule is O=C(Oc1cc(-c2cccc(C(F)(F)F)c2)c2oc(=O)sc2c1)c1ccc(Cl)cc1Cl. The molecule has 31 heavy (non-hydrogen) atoms. The van der Waals surface area contributed by atoms with Crippen molar-refractivity contribution in [3.05, 3.63) is 85.5 Å². The van der Waals surface area contributed by atoms with Crippen LogP contribution in [0.5, 0.6) is 5.75 Å². The molecule has 4 rings (SSSR count). The number of carbonyl (C=O) groups excluding carboxylic acids is 1. The Balaban J connectivity index is 1.80. The summed E-state index contributed by atoms with van der Waals surface area (Å²) in [6, 6.07) is 11.5. The van der Waals surface area contributed by atoms with Gasteiger partial charge in [-0.25, -0.2) is 9.59 Å². The topological polar surface area (TPSA) is 56.5 Å². The number of benzene rings is 3. The van der Waals surface area contributed by atoms with Crippen LogP contribution in [-0.2, 0) is 6.18 Å². The third-order valence-corrected chi connectivity index (χ3v) is 5.59. The largest absolute Gasteiger partial charge is 0.423 e. The Labute approximate surface area is 186 Å². The molecule has 0 unspecified atom stereocenters.